The fraction of sp³-hybridized carbons (Fsp3) is 0.812. The SMILES string of the molecule is C=C1C[C@@H](O)[C@H]2C(C)(C)CCC[C@]2(C)[C@H]1CC=O. The first-order valence-electron chi connectivity index (χ1n) is 7.12. The van der Waals surface area contributed by atoms with Crippen LogP contribution in [0, 0.1) is 22.7 Å². The molecule has 2 heteroatoms. The van der Waals surface area contributed by atoms with Crippen LogP contribution in [-0.2, 0) is 4.79 Å². The molecule has 2 aliphatic rings. The molecule has 1 N–H and O–H groups in total. The van der Waals surface area contributed by atoms with E-state index in [2.05, 4.69) is 27.4 Å². The molecule has 102 valence electrons. The molecule has 0 aliphatic heterocycles. The Balaban J connectivity index is 2.41. The lowest BCUT2D eigenvalue weighted by molar-refractivity contribution is -0.128. The third-order valence-corrected chi connectivity index (χ3v) is 5.57. The molecule has 0 saturated heterocycles. The molecule has 0 heterocycles. The Morgan fingerprint density at radius 3 is 2.67 bits per heavy atom. The molecule has 2 saturated carbocycles. The standard InChI is InChI=1S/C16H26O2/c1-11-10-13(18)14-15(2,3)7-5-8-16(14,4)12(11)6-9-17/h9,12-14,18H,1,5-8,10H2,2-4H3/t12-,13+,14-,16+/m0/s1. The molecule has 0 radical (unpaired) electrons. The van der Waals surface area contributed by atoms with Gasteiger partial charge < -0.3 is 9.90 Å². The van der Waals surface area contributed by atoms with Crippen molar-refractivity contribution >= 4 is 6.29 Å². The van der Waals surface area contributed by atoms with E-state index in [4.69, 9.17) is 0 Å². The van der Waals surface area contributed by atoms with Crippen molar-refractivity contribution < 1.29 is 9.90 Å². The predicted molar refractivity (Wildman–Crippen MR) is 73.2 cm³/mol. The van der Waals surface area contributed by atoms with Crippen molar-refractivity contribution in [2.45, 2.75) is 59.0 Å². The van der Waals surface area contributed by atoms with E-state index in [0.29, 0.717) is 12.8 Å². The number of aliphatic hydroxyl groups is 1. The van der Waals surface area contributed by atoms with Gasteiger partial charge in [-0.3, -0.25) is 0 Å². The summed E-state index contributed by atoms with van der Waals surface area (Å²) in [5.74, 6) is 0.539. The number of aliphatic hydroxyl groups excluding tert-OH is 1. The fourth-order valence-corrected chi connectivity index (χ4v) is 5.01. The fourth-order valence-electron chi connectivity index (χ4n) is 5.01. The Bertz CT molecular complexity index is 358. The van der Waals surface area contributed by atoms with Gasteiger partial charge in [-0.15, -0.1) is 0 Å². The number of carbonyl (C=O) groups excluding carboxylic acids is 1. The molecule has 0 unspecified atom stereocenters. The number of hydrogen-bond acceptors (Lipinski definition) is 2. The van der Waals surface area contributed by atoms with Crippen molar-refractivity contribution in [3.63, 3.8) is 0 Å². The van der Waals surface area contributed by atoms with Crippen LogP contribution < -0.4 is 0 Å². The molecule has 2 fully saturated rings. The highest BCUT2D eigenvalue weighted by Gasteiger charge is 2.56. The van der Waals surface area contributed by atoms with Crippen LogP contribution in [0.3, 0.4) is 0 Å². The maximum atomic E-state index is 11.0. The van der Waals surface area contributed by atoms with Gasteiger partial charge in [-0.25, -0.2) is 0 Å². The second-order valence-electron chi connectivity index (χ2n) is 7.21. The van der Waals surface area contributed by atoms with Crippen molar-refractivity contribution in [1.82, 2.24) is 0 Å². The first kappa shape index (κ1) is 13.8. The van der Waals surface area contributed by atoms with E-state index in [1.165, 1.54) is 12.8 Å². The van der Waals surface area contributed by atoms with Gasteiger partial charge >= 0.3 is 0 Å². The lowest BCUT2D eigenvalue weighted by atomic mass is 9.46. The van der Waals surface area contributed by atoms with Gasteiger partial charge in [-0.1, -0.05) is 39.3 Å². The molecule has 0 aromatic rings. The molecule has 0 amide bonds. The summed E-state index contributed by atoms with van der Waals surface area (Å²) in [4.78, 5) is 11.0. The number of carbonyl (C=O) groups is 1. The maximum Gasteiger partial charge on any atom is 0.120 e. The molecule has 2 rings (SSSR count). The van der Waals surface area contributed by atoms with E-state index >= 15 is 0 Å². The summed E-state index contributed by atoms with van der Waals surface area (Å²) in [6.45, 7) is 10.9. The van der Waals surface area contributed by atoms with Crippen molar-refractivity contribution in [3.05, 3.63) is 12.2 Å². The second kappa shape index (κ2) is 4.48. The van der Waals surface area contributed by atoms with E-state index in [-0.39, 0.29) is 28.8 Å². The number of fused-ring (bicyclic) bond motifs is 1. The monoisotopic (exact) mass is 250 g/mol. The molecular weight excluding hydrogens is 224 g/mol. The molecule has 2 nitrogen and oxygen atoms in total. The van der Waals surface area contributed by atoms with Crippen LogP contribution in [0.15, 0.2) is 12.2 Å². The average Bonchev–Trinajstić information content (AvgIpc) is 2.22. The Morgan fingerprint density at radius 1 is 1.39 bits per heavy atom. The highest BCUT2D eigenvalue weighted by atomic mass is 16.3. The van der Waals surface area contributed by atoms with Gasteiger partial charge in [-0.2, -0.15) is 0 Å². The van der Waals surface area contributed by atoms with E-state index in [1.807, 2.05) is 0 Å². The van der Waals surface area contributed by atoms with Gasteiger partial charge in [0.05, 0.1) is 6.10 Å². The smallest absolute Gasteiger partial charge is 0.120 e. The van der Waals surface area contributed by atoms with Crippen LogP contribution in [0.1, 0.15) is 52.9 Å². The lowest BCUT2D eigenvalue weighted by Gasteiger charge is -2.59. The zero-order chi connectivity index (χ0) is 13.6. The number of hydrogen-bond donors (Lipinski definition) is 1. The van der Waals surface area contributed by atoms with Crippen LogP contribution in [0.2, 0.25) is 0 Å². The zero-order valence-electron chi connectivity index (χ0n) is 11.9. The van der Waals surface area contributed by atoms with Crippen LogP contribution >= 0.6 is 0 Å². The van der Waals surface area contributed by atoms with E-state index in [1.54, 1.807) is 0 Å². The Morgan fingerprint density at radius 2 is 2.06 bits per heavy atom. The topological polar surface area (TPSA) is 37.3 Å². The van der Waals surface area contributed by atoms with Gasteiger partial charge in [0.15, 0.2) is 0 Å². The minimum Gasteiger partial charge on any atom is -0.392 e. The second-order valence-corrected chi connectivity index (χ2v) is 7.21. The minimum atomic E-state index is -0.291. The van der Waals surface area contributed by atoms with Crippen molar-refractivity contribution in [2.24, 2.45) is 22.7 Å². The summed E-state index contributed by atoms with van der Waals surface area (Å²) in [5, 5.41) is 10.5. The van der Waals surface area contributed by atoms with E-state index in [9.17, 15) is 9.90 Å². The number of aldehydes is 1. The van der Waals surface area contributed by atoms with Gasteiger partial charge in [0.1, 0.15) is 6.29 Å². The first-order chi connectivity index (χ1) is 8.33. The van der Waals surface area contributed by atoms with Crippen LogP contribution in [0.5, 0.6) is 0 Å². The van der Waals surface area contributed by atoms with Crippen LogP contribution in [0.25, 0.3) is 0 Å². The first-order valence-corrected chi connectivity index (χ1v) is 7.12. The zero-order valence-corrected chi connectivity index (χ0v) is 11.9. The predicted octanol–water partition coefficient (Wildman–Crippen LogP) is 3.35. The summed E-state index contributed by atoms with van der Waals surface area (Å²) < 4.78 is 0. The average molecular weight is 250 g/mol. The highest BCUT2D eigenvalue weighted by molar-refractivity contribution is 5.51. The summed E-state index contributed by atoms with van der Waals surface area (Å²) in [6.07, 6.45) is 5.44. The summed E-state index contributed by atoms with van der Waals surface area (Å²) in [7, 11) is 0. The lowest BCUT2D eigenvalue weighted by Crippen LogP contribution is -2.55. The third kappa shape index (κ3) is 1.95. The van der Waals surface area contributed by atoms with Crippen molar-refractivity contribution in [2.75, 3.05) is 0 Å². The largest absolute Gasteiger partial charge is 0.392 e. The molecule has 4 atom stereocenters. The van der Waals surface area contributed by atoms with Crippen LogP contribution in [-0.4, -0.2) is 17.5 Å². The van der Waals surface area contributed by atoms with Crippen molar-refractivity contribution in [1.29, 1.82) is 0 Å². The summed E-state index contributed by atoms with van der Waals surface area (Å²) in [5.41, 5.74) is 1.28. The van der Waals surface area contributed by atoms with E-state index in [0.717, 1.165) is 18.3 Å². The maximum absolute atomic E-state index is 11.0. The quantitative estimate of drug-likeness (QED) is 0.603. The Kier molecular flexibility index (Phi) is 3.44. The van der Waals surface area contributed by atoms with E-state index < -0.39 is 0 Å². The van der Waals surface area contributed by atoms with Crippen LogP contribution in [0.4, 0.5) is 0 Å². The molecule has 0 aromatic heterocycles. The van der Waals surface area contributed by atoms with Crippen molar-refractivity contribution in [3.8, 4) is 0 Å². The summed E-state index contributed by atoms with van der Waals surface area (Å²) >= 11 is 0. The molecule has 0 bridgehead atoms. The minimum absolute atomic E-state index is 0.0391. The molecule has 2 aliphatic carbocycles. The normalized spacial score (nSPS) is 43.3. The third-order valence-electron chi connectivity index (χ3n) is 5.57. The number of rotatable bonds is 2. The Labute approximate surface area is 110 Å². The van der Waals surface area contributed by atoms with Gasteiger partial charge in [-0.05, 0) is 41.9 Å². The molecule has 0 spiro atoms. The highest BCUT2D eigenvalue weighted by Crippen LogP contribution is 2.61. The van der Waals surface area contributed by atoms with Gasteiger partial charge in [0.25, 0.3) is 0 Å². The molecule has 18 heavy (non-hydrogen) atoms. The molecular formula is C16H26O2. The molecule has 0 aromatic carbocycles. The van der Waals surface area contributed by atoms with Gasteiger partial charge in [0.2, 0.25) is 0 Å². The van der Waals surface area contributed by atoms with Gasteiger partial charge in [0, 0.05) is 6.42 Å². The Hall–Kier alpha value is -0.630. The summed E-state index contributed by atoms with van der Waals surface area (Å²) in [6, 6.07) is 0.